The summed E-state index contributed by atoms with van der Waals surface area (Å²) in [5.41, 5.74) is 9.05. The molecule has 9 heteroatoms. The number of nitrogens with two attached hydrogens (primary N) is 1. The molecule has 0 fully saturated rings. The van der Waals surface area contributed by atoms with Crippen LogP contribution < -0.4 is 11.1 Å². The quantitative estimate of drug-likeness (QED) is 0.666. The van der Waals surface area contributed by atoms with Crippen molar-refractivity contribution in [3.8, 4) is 10.7 Å². The molecule has 0 bridgehead atoms. The van der Waals surface area contributed by atoms with Crippen molar-refractivity contribution >= 4 is 23.2 Å². The maximum atomic E-state index is 12.5. The van der Waals surface area contributed by atoms with Gasteiger partial charge in [0.2, 0.25) is 5.95 Å². The van der Waals surface area contributed by atoms with Crippen LogP contribution in [0.1, 0.15) is 40.5 Å². The zero-order valence-corrected chi connectivity index (χ0v) is 14.3. The van der Waals surface area contributed by atoms with Gasteiger partial charge < -0.3 is 11.1 Å². The minimum atomic E-state index is -0.335. The molecule has 0 saturated heterocycles. The van der Waals surface area contributed by atoms with Crippen LogP contribution in [0.25, 0.3) is 10.7 Å². The van der Waals surface area contributed by atoms with Crippen molar-refractivity contribution in [3.05, 3.63) is 40.3 Å². The van der Waals surface area contributed by atoms with Crippen LogP contribution in [0, 0.1) is 13.8 Å². The summed E-state index contributed by atoms with van der Waals surface area (Å²) in [4.78, 5) is 25.0. The van der Waals surface area contributed by atoms with Crippen LogP contribution >= 0.6 is 11.3 Å². The lowest BCUT2D eigenvalue weighted by Gasteiger charge is -2.12. The summed E-state index contributed by atoms with van der Waals surface area (Å²) in [7, 11) is 0. The maximum Gasteiger partial charge on any atom is 0.270 e. The molecule has 0 aliphatic carbocycles. The van der Waals surface area contributed by atoms with E-state index in [-0.39, 0.29) is 23.6 Å². The lowest BCUT2D eigenvalue weighted by Crippen LogP contribution is -2.28. The minimum Gasteiger partial charge on any atom is -0.368 e. The van der Waals surface area contributed by atoms with Gasteiger partial charge in [0.1, 0.15) is 16.4 Å². The molecule has 8 nitrogen and oxygen atoms in total. The van der Waals surface area contributed by atoms with Crippen molar-refractivity contribution in [2.45, 2.75) is 26.8 Å². The summed E-state index contributed by atoms with van der Waals surface area (Å²) in [5, 5.41) is 12.4. The Morgan fingerprint density at radius 1 is 1.25 bits per heavy atom. The highest BCUT2D eigenvalue weighted by Gasteiger charge is 2.17. The number of aryl methyl sites for hydroxylation is 2. The standard InChI is InChI=1S/C15H17N7OS/c1-7-4-10(22-21-7)9(3)18-13(23)11-5-12(20-15(16)19-11)14-17-8(2)6-24-14/h4-6,9H,1-3H3,(H,18,23)(H,21,22)(H2,16,19,20). The molecule has 4 N–H and O–H groups in total. The van der Waals surface area contributed by atoms with E-state index in [1.165, 1.54) is 11.3 Å². The SMILES string of the molecule is Cc1cc(C(C)NC(=O)c2cc(-c3nc(C)cs3)nc(N)n2)[nH]n1. The van der Waals surface area contributed by atoms with Gasteiger partial charge in [0.05, 0.1) is 17.4 Å². The van der Waals surface area contributed by atoms with Crippen LogP contribution in [-0.2, 0) is 0 Å². The Balaban J connectivity index is 1.83. The van der Waals surface area contributed by atoms with Gasteiger partial charge in [-0.2, -0.15) is 5.10 Å². The minimum absolute atomic E-state index is 0.0375. The van der Waals surface area contributed by atoms with Crippen molar-refractivity contribution in [2.24, 2.45) is 0 Å². The fraction of sp³-hybridized carbons (Fsp3) is 0.267. The molecule has 0 aliphatic rings. The van der Waals surface area contributed by atoms with E-state index < -0.39 is 0 Å². The Morgan fingerprint density at radius 3 is 2.67 bits per heavy atom. The molecule has 0 aliphatic heterocycles. The highest BCUT2D eigenvalue weighted by atomic mass is 32.1. The number of carbonyl (C=O) groups is 1. The number of thiazole rings is 1. The monoisotopic (exact) mass is 343 g/mol. The molecule has 3 aromatic rings. The third-order valence-corrected chi connectivity index (χ3v) is 4.34. The number of hydrogen-bond donors (Lipinski definition) is 3. The van der Waals surface area contributed by atoms with E-state index in [0.29, 0.717) is 10.7 Å². The smallest absolute Gasteiger partial charge is 0.270 e. The number of anilines is 1. The van der Waals surface area contributed by atoms with Crippen molar-refractivity contribution in [3.63, 3.8) is 0 Å². The van der Waals surface area contributed by atoms with Crippen LogP contribution in [-0.4, -0.2) is 31.1 Å². The summed E-state index contributed by atoms with van der Waals surface area (Å²) in [6.45, 7) is 5.63. The van der Waals surface area contributed by atoms with Gasteiger partial charge in [-0.3, -0.25) is 9.89 Å². The molecule has 124 valence electrons. The first kappa shape index (κ1) is 16.1. The molecule has 1 atom stereocenters. The predicted octanol–water partition coefficient (Wildman–Crippen LogP) is 2.01. The number of hydrogen-bond acceptors (Lipinski definition) is 7. The van der Waals surface area contributed by atoms with Gasteiger partial charge in [0.15, 0.2) is 0 Å². The normalized spacial score (nSPS) is 12.1. The number of nitrogens with zero attached hydrogens (tertiary/aromatic N) is 4. The molecular formula is C15H17N7OS. The second kappa shape index (κ2) is 6.36. The van der Waals surface area contributed by atoms with Crippen LogP contribution in [0.4, 0.5) is 5.95 Å². The predicted molar refractivity (Wildman–Crippen MR) is 91.5 cm³/mol. The first-order valence-electron chi connectivity index (χ1n) is 7.32. The van der Waals surface area contributed by atoms with E-state index in [0.717, 1.165) is 17.1 Å². The third-order valence-electron chi connectivity index (χ3n) is 3.35. The van der Waals surface area contributed by atoms with E-state index in [2.05, 4.69) is 30.5 Å². The Labute approximate surface area is 142 Å². The zero-order chi connectivity index (χ0) is 17.3. The molecule has 0 aromatic carbocycles. The van der Waals surface area contributed by atoms with Crippen molar-refractivity contribution in [1.29, 1.82) is 0 Å². The van der Waals surface area contributed by atoms with Crippen molar-refractivity contribution < 1.29 is 4.79 Å². The van der Waals surface area contributed by atoms with Gasteiger partial charge >= 0.3 is 0 Å². The molecule has 0 spiro atoms. The Hall–Kier alpha value is -2.81. The molecule has 1 amide bonds. The second-order valence-electron chi connectivity index (χ2n) is 5.45. The first-order valence-corrected chi connectivity index (χ1v) is 8.20. The van der Waals surface area contributed by atoms with E-state index in [4.69, 9.17) is 5.73 Å². The first-order chi connectivity index (χ1) is 11.4. The van der Waals surface area contributed by atoms with Crippen LogP contribution in [0.15, 0.2) is 17.5 Å². The molecule has 24 heavy (non-hydrogen) atoms. The van der Waals surface area contributed by atoms with Gasteiger partial charge in [0, 0.05) is 11.1 Å². The number of aromatic amines is 1. The molecule has 3 heterocycles. The van der Waals surface area contributed by atoms with Gasteiger partial charge in [-0.05, 0) is 32.9 Å². The lowest BCUT2D eigenvalue weighted by molar-refractivity contribution is 0.0934. The average molecular weight is 343 g/mol. The van der Waals surface area contributed by atoms with E-state index in [1.54, 1.807) is 6.07 Å². The van der Waals surface area contributed by atoms with Crippen molar-refractivity contribution in [2.75, 3.05) is 5.73 Å². The Kier molecular flexibility index (Phi) is 4.26. The lowest BCUT2D eigenvalue weighted by atomic mass is 10.2. The number of nitrogen functional groups attached to an aromatic ring is 1. The summed E-state index contributed by atoms with van der Waals surface area (Å²) in [5.74, 6) is -0.297. The van der Waals surface area contributed by atoms with Gasteiger partial charge in [-0.25, -0.2) is 15.0 Å². The van der Waals surface area contributed by atoms with Crippen LogP contribution in [0.2, 0.25) is 0 Å². The Morgan fingerprint density at radius 2 is 2.04 bits per heavy atom. The van der Waals surface area contributed by atoms with Gasteiger partial charge in [-0.15, -0.1) is 11.3 Å². The fourth-order valence-electron chi connectivity index (χ4n) is 2.18. The molecular weight excluding hydrogens is 326 g/mol. The Bertz CT molecular complexity index is 886. The topological polar surface area (TPSA) is 122 Å². The average Bonchev–Trinajstić information content (AvgIpc) is 3.15. The molecule has 1 unspecified atom stereocenters. The number of carbonyl (C=O) groups excluding carboxylic acids is 1. The second-order valence-corrected chi connectivity index (χ2v) is 6.31. The van der Waals surface area contributed by atoms with E-state index in [1.807, 2.05) is 32.2 Å². The summed E-state index contributed by atoms with van der Waals surface area (Å²) >= 11 is 1.44. The van der Waals surface area contributed by atoms with Crippen LogP contribution in [0.5, 0.6) is 0 Å². The molecule has 0 saturated carbocycles. The van der Waals surface area contributed by atoms with Crippen LogP contribution in [0.3, 0.4) is 0 Å². The summed E-state index contributed by atoms with van der Waals surface area (Å²) in [6, 6.07) is 3.23. The molecule has 3 aromatic heterocycles. The fourth-order valence-corrected chi connectivity index (χ4v) is 2.93. The van der Waals surface area contributed by atoms with E-state index >= 15 is 0 Å². The number of nitrogens with one attached hydrogen (secondary N) is 2. The van der Waals surface area contributed by atoms with Gasteiger partial charge in [0.25, 0.3) is 5.91 Å². The highest BCUT2D eigenvalue weighted by Crippen LogP contribution is 2.23. The van der Waals surface area contributed by atoms with E-state index in [9.17, 15) is 4.79 Å². The summed E-state index contributed by atoms with van der Waals surface area (Å²) < 4.78 is 0. The van der Waals surface area contributed by atoms with Gasteiger partial charge in [-0.1, -0.05) is 0 Å². The van der Waals surface area contributed by atoms with Crippen molar-refractivity contribution in [1.82, 2.24) is 30.5 Å². The third kappa shape index (κ3) is 3.40. The number of rotatable bonds is 4. The molecule has 3 rings (SSSR count). The summed E-state index contributed by atoms with van der Waals surface area (Å²) in [6.07, 6.45) is 0. The largest absolute Gasteiger partial charge is 0.368 e. The number of amides is 1. The highest BCUT2D eigenvalue weighted by molar-refractivity contribution is 7.13. The zero-order valence-electron chi connectivity index (χ0n) is 13.5. The number of H-pyrrole nitrogens is 1. The molecule has 0 radical (unpaired) electrons. The number of aromatic nitrogens is 5. The maximum absolute atomic E-state index is 12.5.